The van der Waals surface area contributed by atoms with Crippen LogP contribution in [0.2, 0.25) is 0 Å². The van der Waals surface area contributed by atoms with E-state index in [0.717, 1.165) is 11.4 Å². The van der Waals surface area contributed by atoms with Crippen LogP contribution in [-0.4, -0.2) is 38.4 Å². The summed E-state index contributed by atoms with van der Waals surface area (Å²) < 4.78 is 7.05. The lowest BCUT2D eigenvalue weighted by Gasteiger charge is -2.07. The summed E-state index contributed by atoms with van der Waals surface area (Å²) in [5.41, 5.74) is 3.90. The second kappa shape index (κ2) is 8.14. The maximum absolute atomic E-state index is 12.4. The maximum Gasteiger partial charge on any atom is 0.214 e. The van der Waals surface area contributed by atoms with Crippen LogP contribution in [0.15, 0.2) is 47.6 Å². The summed E-state index contributed by atoms with van der Waals surface area (Å²) in [6.45, 7) is 6.63. The Kier molecular flexibility index (Phi) is 5.68. The normalized spacial score (nSPS) is 10.7. The van der Waals surface area contributed by atoms with E-state index in [0.29, 0.717) is 17.3 Å². The molecule has 0 bridgehead atoms. The van der Waals surface area contributed by atoms with E-state index in [1.54, 1.807) is 28.9 Å². The van der Waals surface area contributed by atoms with Crippen LogP contribution in [0.4, 0.5) is 0 Å². The molecule has 3 aromatic rings. The Hall–Kier alpha value is -2.67. The second-order valence-electron chi connectivity index (χ2n) is 5.81. The van der Waals surface area contributed by atoms with Gasteiger partial charge in [-0.1, -0.05) is 17.8 Å². The SMILES string of the molecule is CCOc1ccc(C(=O)CSc2nnnn2-c2ccc(C)c(C)c2)cc1. The summed E-state index contributed by atoms with van der Waals surface area (Å²) in [6.07, 6.45) is 0. The zero-order chi connectivity index (χ0) is 18.5. The number of aromatic nitrogens is 4. The van der Waals surface area contributed by atoms with Gasteiger partial charge in [0.25, 0.3) is 0 Å². The van der Waals surface area contributed by atoms with Gasteiger partial charge in [0.15, 0.2) is 5.78 Å². The van der Waals surface area contributed by atoms with E-state index >= 15 is 0 Å². The molecule has 134 valence electrons. The summed E-state index contributed by atoms with van der Waals surface area (Å²) in [7, 11) is 0. The van der Waals surface area contributed by atoms with Crippen molar-refractivity contribution in [2.45, 2.75) is 25.9 Å². The minimum absolute atomic E-state index is 0.0210. The number of Topliss-reactive ketones (excluding diaryl/α,β-unsaturated/α-hetero) is 1. The molecule has 0 atom stereocenters. The van der Waals surface area contributed by atoms with Crippen LogP contribution in [0.3, 0.4) is 0 Å². The predicted octanol–water partition coefficient (Wildman–Crippen LogP) is 3.65. The van der Waals surface area contributed by atoms with Crippen molar-refractivity contribution in [3.8, 4) is 11.4 Å². The smallest absolute Gasteiger partial charge is 0.214 e. The first-order chi connectivity index (χ1) is 12.6. The van der Waals surface area contributed by atoms with Crippen molar-refractivity contribution in [2.24, 2.45) is 0 Å². The van der Waals surface area contributed by atoms with E-state index < -0.39 is 0 Å². The van der Waals surface area contributed by atoms with Crippen molar-refractivity contribution in [1.29, 1.82) is 0 Å². The van der Waals surface area contributed by atoms with Crippen molar-refractivity contribution < 1.29 is 9.53 Å². The lowest BCUT2D eigenvalue weighted by atomic mass is 10.1. The maximum atomic E-state index is 12.4. The molecule has 2 aromatic carbocycles. The lowest BCUT2D eigenvalue weighted by Crippen LogP contribution is -2.05. The van der Waals surface area contributed by atoms with Gasteiger partial charge in [0.2, 0.25) is 5.16 Å². The molecule has 0 amide bonds. The van der Waals surface area contributed by atoms with Crippen molar-refractivity contribution in [3.63, 3.8) is 0 Å². The number of benzene rings is 2. The largest absolute Gasteiger partial charge is 0.494 e. The van der Waals surface area contributed by atoms with Gasteiger partial charge in [-0.25, -0.2) is 0 Å². The van der Waals surface area contributed by atoms with Gasteiger partial charge < -0.3 is 4.74 Å². The highest BCUT2D eigenvalue weighted by atomic mass is 32.2. The first kappa shape index (κ1) is 18.1. The standard InChI is InChI=1S/C19H20N4O2S/c1-4-25-17-9-6-15(7-10-17)18(24)12-26-19-20-21-22-23(19)16-8-5-13(2)14(3)11-16/h5-11H,4,12H2,1-3H3. The highest BCUT2D eigenvalue weighted by molar-refractivity contribution is 7.99. The van der Waals surface area contributed by atoms with E-state index in [-0.39, 0.29) is 11.5 Å². The van der Waals surface area contributed by atoms with Gasteiger partial charge >= 0.3 is 0 Å². The van der Waals surface area contributed by atoms with Crippen LogP contribution in [0.1, 0.15) is 28.4 Å². The van der Waals surface area contributed by atoms with Gasteiger partial charge in [-0.15, -0.1) is 5.10 Å². The van der Waals surface area contributed by atoms with Gasteiger partial charge in [-0.05, 0) is 78.7 Å². The lowest BCUT2D eigenvalue weighted by molar-refractivity contribution is 0.102. The summed E-state index contributed by atoms with van der Waals surface area (Å²) in [4.78, 5) is 12.4. The van der Waals surface area contributed by atoms with E-state index in [4.69, 9.17) is 4.74 Å². The van der Waals surface area contributed by atoms with Gasteiger partial charge in [0.1, 0.15) is 5.75 Å². The van der Waals surface area contributed by atoms with Crippen molar-refractivity contribution in [3.05, 3.63) is 59.2 Å². The molecule has 1 aromatic heterocycles. The molecule has 0 N–H and O–H groups in total. The Morgan fingerprint density at radius 1 is 1.12 bits per heavy atom. The number of ketones is 1. The van der Waals surface area contributed by atoms with Crippen molar-refractivity contribution >= 4 is 17.5 Å². The molecule has 26 heavy (non-hydrogen) atoms. The number of rotatable bonds is 7. The second-order valence-corrected chi connectivity index (χ2v) is 6.75. The minimum Gasteiger partial charge on any atom is -0.494 e. The van der Waals surface area contributed by atoms with Crippen LogP contribution in [-0.2, 0) is 0 Å². The van der Waals surface area contributed by atoms with Crippen LogP contribution in [0.25, 0.3) is 5.69 Å². The van der Waals surface area contributed by atoms with Crippen LogP contribution < -0.4 is 4.74 Å². The molecule has 3 rings (SSSR count). The minimum atomic E-state index is 0.0210. The number of aryl methyl sites for hydroxylation is 2. The highest BCUT2D eigenvalue weighted by Gasteiger charge is 2.13. The Morgan fingerprint density at radius 2 is 1.88 bits per heavy atom. The topological polar surface area (TPSA) is 69.9 Å². The molecule has 7 heteroatoms. The van der Waals surface area contributed by atoms with Crippen LogP contribution >= 0.6 is 11.8 Å². The average molecular weight is 368 g/mol. The molecule has 0 unspecified atom stereocenters. The third-order valence-electron chi connectivity index (χ3n) is 4.00. The first-order valence-corrected chi connectivity index (χ1v) is 9.32. The summed E-state index contributed by atoms with van der Waals surface area (Å²) in [5.74, 6) is 1.04. The predicted molar refractivity (Wildman–Crippen MR) is 101 cm³/mol. The fraction of sp³-hybridized carbons (Fsp3) is 0.263. The van der Waals surface area contributed by atoms with Gasteiger partial charge in [0, 0.05) is 5.56 Å². The molecular weight excluding hydrogens is 348 g/mol. The molecule has 0 spiro atoms. The number of hydrogen-bond donors (Lipinski definition) is 0. The molecule has 0 aliphatic rings. The molecule has 0 fully saturated rings. The van der Waals surface area contributed by atoms with E-state index in [1.165, 1.54) is 22.9 Å². The average Bonchev–Trinajstić information content (AvgIpc) is 3.11. The van der Waals surface area contributed by atoms with Gasteiger partial charge in [-0.3, -0.25) is 4.79 Å². The number of nitrogens with zero attached hydrogens (tertiary/aromatic N) is 4. The third-order valence-corrected chi connectivity index (χ3v) is 4.91. The molecule has 0 saturated heterocycles. The van der Waals surface area contributed by atoms with E-state index in [2.05, 4.69) is 22.4 Å². The quantitative estimate of drug-likeness (QED) is 0.468. The zero-order valence-electron chi connectivity index (χ0n) is 15.0. The van der Waals surface area contributed by atoms with Crippen molar-refractivity contribution in [2.75, 3.05) is 12.4 Å². The summed E-state index contributed by atoms with van der Waals surface area (Å²) in [5, 5.41) is 12.4. The number of tetrazole rings is 1. The Morgan fingerprint density at radius 3 is 2.58 bits per heavy atom. The zero-order valence-corrected chi connectivity index (χ0v) is 15.8. The fourth-order valence-corrected chi connectivity index (χ4v) is 3.19. The summed E-state index contributed by atoms with van der Waals surface area (Å²) in [6, 6.07) is 13.2. The van der Waals surface area contributed by atoms with Crippen LogP contribution in [0.5, 0.6) is 5.75 Å². The summed E-state index contributed by atoms with van der Waals surface area (Å²) >= 11 is 1.32. The monoisotopic (exact) mass is 368 g/mol. The molecule has 0 radical (unpaired) electrons. The Bertz CT molecular complexity index is 906. The van der Waals surface area contributed by atoms with Gasteiger partial charge in [-0.2, -0.15) is 4.68 Å². The third kappa shape index (κ3) is 4.11. The number of carbonyl (C=O) groups excluding carboxylic acids is 1. The molecule has 0 aliphatic heterocycles. The van der Waals surface area contributed by atoms with Crippen molar-refractivity contribution in [1.82, 2.24) is 20.2 Å². The van der Waals surface area contributed by atoms with Gasteiger partial charge in [0.05, 0.1) is 18.0 Å². The number of thioether (sulfide) groups is 1. The molecular formula is C19H20N4O2S. The fourth-order valence-electron chi connectivity index (χ4n) is 2.41. The molecule has 0 aliphatic carbocycles. The highest BCUT2D eigenvalue weighted by Crippen LogP contribution is 2.21. The molecule has 1 heterocycles. The first-order valence-electron chi connectivity index (χ1n) is 8.33. The number of hydrogen-bond acceptors (Lipinski definition) is 6. The van der Waals surface area contributed by atoms with E-state index in [9.17, 15) is 4.79 Å². The van der Waals surface area contributed by atoms with E-state index in [1.807, 2.05) is 32.0 Å². The molecule has 6 nitrogen and oxygen atoms in total. The van der Waals surface area contributed by atoms with Crippen LogP contribution in [0, 0.1) is 13.8 Å². The Labute approximate surface area is 156 Å². The molecule has 0 saturated carbocycles. The number of carbonyl (C=O) groups is 1. The number of ether oxygens (including phenoxy) is 1. The Balaban J connectivity index is 1.69.